The van der Waals surface area contributed by atoms with E-state index in [4.69, 9.17) is 33.9 Å². The fourth-order valence-corrected chi connectivity index (χ4v) is 4.34. The zero-order chi connectivity index (χ0) is 14.0. The molecule has 0 aliphatic carbocycles. The molecule has 0 radical (unpaired) electrons. The number of rotatable bonds is 5. The van der Waals surface area contributed by atoms with E-state index in [0.29, 0.717) is 11.0 Å². The minimum Gasteiger partial charge on any atom is -0.220 e. The molecule has 0 bridgehead atoms. The van der Waals surface area contributed by atoms with Crippen LogP contribution in [0.2, 0.25) is 0 Å². The smallest absolute Gasteiger partial charge is 0.220 e. The van der Waals surface area contributed by atoms with Gasteiger partial charge in [0.15, 0.2) is 0 Å². The molecule has 1 aromatic rings. The number of benzene rings is 1. The van der Waals surface area contributed by atoms with E-state index in [0.717, 1.165) is 24.0 Å². The van der Waals surface area contributed by atoms with E-state index in [9.17, 15) is 8.42 Å². The molecule has 1 aromatic carbocycles. The zero-order valence-corrected chi connectivity index (χ0v) is 13.8. The molecule has 0 unspecified atom stereocenters. The molecular formula is C11H13Cl3O2S2. The van der Waals surface area contributed by atoms with E-state index in [-0.39, 0.29) is 4.90 Å². The third-order valence-electron chi connectivity index (χ3n) is 2.65. The molecule has 0 atom stereocenters. The number of alkyl halides is 2. The van der Waals surface area contributed by atoms with E-state index in [1.165, 1.54) is 6.07 Å². The molecule has 0 amide bonds. The Balaban J connectivity index is 3.35. The van der Waals surface area contributed by atoms with Crippen molar-refractivity contribution in [3.63, 3.8) is 0 Å². The molecule has 0 saturated carbocycles. The molecule has 0 aromatic heterocycles. The summed E-state index contributed by atoms with van der Waals surface area (Å²) in [6, 6.07) is 4.91. The average Bonchev–Trinajstić information content (AvgIpc) is 2.37. The summed E-state index contributed by atoms with van der Waals surface area (Å²) in [6.45, 7) is 3.99. The molecule has 0 aliphatic heterocycles. The van der Waals surface area contributed by atoms with Gasteiger partial charge in [-0.3, -0.25) is 0 Å². The van der Waals surface area contributed by atoms with E-state index < -0.39 is 12.8 Å². The predicted molar refractivity (Wildman–Crippen MR) is 80.3 cm³/mol. The Labute approximate surface area is 126 Å². The molecule has 0 spiro atoms. The second kappa shape index (κ2) is 6.23. The van der Waals surface area contributed by atoms with Crippen molar-refractivity contribution in [2.24, 2.45) is 0 Å². The Morgan fingerprint density at radius 3 is 2.17 bits per heavy atom. The summed E-state index contributed by atoms with van der Waals surface area (Å²) < 4.78 is 22.3. The van der Waals surface area contributed by atoms with Gasteiger partial charge in [-0.1, -0.05) is 43.1 Å². The first-order valence-electron chi connectivity index (χ1n) is 5.34. The van der Waals surface area contributed by atoms with Gasteiger partial charge in [-0.2, -0.15) is 0 Å². The first kappa shape index (κ1) is 16.4. The summed E-state index contributed by atoms with van der Waals surface area (Å²) in [4.78, 5) is 0.0923. The summed E-state index contributed by atoms with van der Waals surface area (Å²) in [5.41, 5.74) is 2.09. The maximum Gasteiger partial charge on any atom is 0.282 e. The van der Waals surface area contributed by atoms with Gasteiger partial charge in [0.05, 0.1) is 4.90 Å². The van der Waals surface area contributed by atoms with Crippen LogP contribution in [0.25, 0.3) is 0 Å². The Morgan fingerprint density at radius 1 is 1.17 bits per heavy atom. The van der Waals surface area contributed by atoms with Crippen LogP contribution in [0.4, 0.5) is 0 Å². The van der Waals surface area contributed by atoms with Crippen LogP contribution in [-0.2, 0) is 22.7 Å². The second-order valence-corrected chi connectivity index (χ2v) is 9.48. The van der Waals surface area contributed by atoms with Gasteiger partial charge >= 0.3 is 0 Å². The monoisotopic (exact) mass is 346 g/mol. The van der Waals surface area contributed by atoms with Crippen molar-refractivity contribution in [3.05, 3.63) is 29.3 Å². The van der Waals surface area contributed by atoms with Crippen molar-refractivity contribution in [2.45, 2.75) is 34.6 Å². The van der Waals surface area contributed by atoms with E-state index in [2.05, 4.69) is 0 Å². The fourth-order valence-electron chi connectivity index (χ4n) is 1.62. The zero-order valence-electron chi connectivity index (χ0n) is 9.91. The van der Waals surface area contributed by atoms with Crippen LogP contribution in [0.15, 0.2) is 23.1 Å². The first-order chi connectivity index (χ1) is 8.30. The van der Waals surface area contributed by atoms with Gasteiger partial charge in [0.25, 0.3) is 3.00 Å². The lowest BCUT2D eigenvalue weighted by molar-refractivity contribution is 0.597. The van der Waals surface area contributed by atoms with Crippen molar-refractivity contribution >= 4 is 54.7 Å². The Bertz CT molecular complexity index is 527. The fraction of sp³-hybridized carbons (Fsp3) is 0.455. The quantitative estimate of drug-likeness (QED) is 0.732. The largest absolute Gasteiger partial charge is 0.282 e. The van der Waals surface area contributed by atoms with Crippen LogP contribution in [0.3, 0.4) is 0 Å². The van der Waals surface area contributed by atoms with Gasteiger partial charge in [-0.15, -0.1) is 0 Å². The second-order valence-electron chi connectivity index (χ2n) is 3.68. The van der Waals surface area contributed by atoms with Crippen LogP contribution in [0, 0.1) is 0 Å². The lowest BCUT2D eigenvalue weighted by atomic mass is 10.0. The Morgan fingerprint density at radius 2 is 1.72 bits per heavy atom. The lowest BCUT2D eigenvalue weighted by Gasteiger charge is -2.17. The molecule has 102 valence electrons. The summed E-state index contributed by atoms with van der Waals surface area (Å²) in [5.74, 6) is 0. The summed E-state index contributed by atoms with van der Waals surface area (Å²) in [6.07, 6.45) is 1.60. The minimum atomic E-state index is -3.88. The molecule has 0 fully saturated rings. The van der Waals surface area contributed by atoms with Gasteiger partial charge < -0.3 is 0 Å². The highest BCUT2D eigenvalue weighted by Crippen LogP contribution is 2.45. The molecule has 7 heteroatoms. The normalized spacial score (nSPS) is 12.7. The highest BCUT2D eigenvalue weighted by molar-refractivity contribution is 8.31. The molecule has 0 heterocycles. The number of hydrogen-bond acceptors (Lipinski definition) is 3. The minimum absolute atomic E-state index is 0.0923. The third-order valence-corrected chi connectivity index (χ3v) is 8.37. The standard InChI is InChI=1S/C11H13Cl3O2S2/c1-3-8-5-6-10(7-9(8)4-2)18(15,16)11(12,13)17-14/h5-7H,3-4H2,1-2H3. The highest BCUT2D eigenvalue weighted by atomic mass is 35.7. The summed E-state index contributed by atoms with van der Waals surface area (Å²) >= 11 is 11.4. The SMILES string of the molecule is CCc1ccc(S(=O)(=O)C(Cl)(Cl)SCl)cc1CC. The summed E-state index contributed by atoms with van der Waals surface area (Å²) in [7, 11) is 1.92. The van der Waals surface area contributed by atoms with Crippen molar-refractivity contribution in [1.82, 2.24) is 0 Å². The van der Waals surface area contributed by atoms with Crippen molar-refractivity contribution in [2.75, 3.05) is 0 Å². The van der Waals surface area contributed by atoms with Gasteiger partial charge in [0, 0.05) is 11.0 Å². The third kappa shape index (κ3) is 3.10. The van der Waals surface area contributed by atoms with Gasteiger partial charge in [0.2, 0.25) is 9.84 Å². The highest BCUT2D eigenvalue weighted by Gasteiger charge is 2.42. The Hall–Kier alpha value is 0.390. The maximum absolute atomic E-state index is 12.2. The maximum atomic E-state index is 12.2. The van der Waals surface area contributed by atoms with Crippen LogP contribution >= 0.6 is 44.9 Å². The van der Waals surface area contributed by atoms with Crippen LogP contribution in [0.5, 0.6) is 0 Å². The van der Waals surface area contributed by atoms with Gasteiger partial charge in [-0.05, 0) is 46.8 Å². The number of aryl methyl sites for hydroxylation is 2. The number of sulfone groups is 1. The van der Waals surface area contributed by atoms with E-state index >= 15 is 0 Å². The summed E-state index contributed by atoms with van der Waals surface area (Å²) in [5, 5.41) is 0. The Kier molecular flexibility index (Phi) is 5.69. The van der Waals surface area contributed by atoms with Crippen molar-refractivity contribution < 1.29 is 8.42 Å². The average molecular weight is 348 g/mol. The van der Waals surface area contributed by atoms with Crippen molar-refractivity contribution in [3.8, 4) is 0 Å². The molecule has 0 saturated heterocycles. The molecule has 18 heavy (non-hydrogen) atoms. The van der Waals surface area contributed by atoms with Gasteiger partial charge in [0.1, 0.15) is 0 Å². The van der Waals surface area contributed by atoms with Crippen molar-refractivity contribution in [1.29, 1.82) is 0 Å². The molecule has 1 rings (SSSR count). The molecule has 0 aliphatic rings. The van der Waals surface area contributed by atoms with E-state index in [1.807, 2.05) is 13.8 Å². The lowest BCUT2D eigenvalue weighted by Crippen LogP contribution is -2.21. The van der Waals surface area contributed by atoms with Crippen LogP contribution in [0.1, 0.15) is 25.0 Å². The van der Waals surface area contributed by atoms with E-state index in [1.54, 1.807) is 12.1 Å². The molecule has 0 N–H and O–H groups in total. The predicted octanol–water partition coefficient (Wildman–Crippen LogP) is 4.56. The number of halogens is 3. The molecular weight excluding hydrogens is 335 g/mol. The number of hydrogen-bond donors (Lipinski definition) is 0. The van der Waals surface area contributed by atoms with Crippen LogP contribution in [-0.4, -0.2) is 11.4 Å². The van der Waals surface area contributed by atoms with Gasteiger partial charge in [-0.25, -0.2) is 8.42 Å². The van der Waals surface area contributed by atoms with Crippen LogP contribution < -0.4 is 0 Å². The molecule has 2 nitrogen and oxygen atoms in total. The topological polar surface area (TPSA) is 34.1 Å². The first-order valence-corrected chi connectivity index (χ1v) is 9.22.